The third-order valence-corrected chi connectivity index (χ3v) is 7.79. The second-order valence-electron chi connectivity index (χ2n) is 7.60. The van der Waals surface area contributed by atoms with E-state index in [9.17, 15) is 13.2 Å². The molecule has 140 valence electrons. The van der Waals surface area contributed by atoms with E-state index in [2.05, 4.69) is 13.5 Å². The molecule has 0 atom stereocenters. The third-order valence-electron chi connectivity index (χ3n) is 6.28. The van der Waals surface area contributed by atoms with Crippen LogP contribution in [0.5, 0.6) is 0 Å². The number of amidine groups is 1. The number of nitrogens with zero attached hydrogens (tertiary/aromatic N) is 3. The van der Waals surface area contributed by atoms with Crippen molar-refractivity contribution in [2.45, 2.75) is 57.4 Å². The monoisotopic (exact) mass is 367 g/mol. The van der Waals surface area contributed by atoms with Crippen molar-refractivity contribution in [2.75, 3.05) is 20.1 Å². The first-order chi connectivity index (χ1) is 11.8. The number of piperidine rings is 1. The standard InChI is InChI=1S/C18H29N3O3S/c1-4-14-6-8-15(9-7-14)16-19-18(17(22)20(16)3)10-12-21(13-11-18)25(23,24)5-2/h5,14-15H,2,4,6-13H2,1,3H3. The SMILES string of the molecule is C=CS(=O)(=O)N1CCC2(CC1)N=C(C1CCC(CC)CC1)N(C)C2=O. The first-order valence-electron chi connectivity index (χ1n) is 9.33. The van der Waals surface area contributed by atoms with Gasteiger partial charge in [0.2, 0.25) is 10.0 Å². The van der Waals surface area contributed by atoms with Gasteiger partial charge in [0.05, 0.1) is 0 Å². The second kappa shape index (κ2) is 6.83. The highest BCUT2D eigenvalue weighted by Crippen LogP contribution is 2.39. The molecule has 0 unspecified atom stereocenters. The van der Waals surface area contributed by atoms with Gasteiger partial charge in [0.25, 0.3) is 5.91 Å². The summed E-state index contributed by atoms with van der Waals surface area (Å²) in [7, 11) is -1.59. The molecule has 6 nitrogen and oxygen atoms in total. The van der Waals surface area contributed by atoms with E-state index < -0.39 is 15.6 Å². The molecular formula is C18H29N3O3S. The Morgan fingerprint density at radius 1 is 1.24 bits per heavy atom. The lowest BCUT2D eigenvalue weighted by Gasteiger charge is -2.34. The van der Waals surface area contributed by atoms with Gasteiger partial charge >= 0.3 is 0 Å². The number of aliphatic imine (C=N–C) groups is 1. The van der Waals surface area contributed by atoms with Crippen LogP contribution in [0.4, 0.5) is 0 Å². The number of hydrogen-bond acceptors (Lipinski definition) is 4. The number of carbonyl (C=O) groups is 1. The van der Waals surface area contributed by atoms with E-state index in [1.54, 1.807) is 4.90 Å². The summed E-state index contributed by atoms with van der Waals surface area (Å²) in [6.07, 6.45) is 6.75. The largest absolute Gasteiger partial charge is 0.301 e. The van der Waals surface area contributed by atoms with E-state index in [4.69, 9.17) is 4.99 Å². The molecular weight excluding hydrogens is 338 g/mol. The molecule has 25 heavy (non-hydrogen) atoms. The molecule has 1 saturated carbocycles. The summed E-state index contributed by atoms with van der Waals surface area (Å²) in [6.45, 7) is 6.27. The van der Waals surface area contributed by atoms with Crippen LogP contribution in [0.15, 0.2) is 17.0 Å². The van der Waals surface area contributed by atoms with Crippen LogP contribution in [0.1, 0.15) is 51.9 Å². The maximum atomic E-state index is 12.9. The fourth-order valence-electron chi connectivity index (χ4n) is 4.49. The summed E-state index contributed by atoms with van der Waals surface area (Å²) >= 11 is 0. The van der Waals surface area contributed by atoms with Crippen molar-refractivity contribution in [2.24, 2.45) is 16.8 Å². The van der Waals surface area contributed by atoms with Crippen LogP contribution >= 0.6 is 0 Å². The van der Waals surface area contributed by atoms with Gasteiger partial charge in [0, 0.05) is 31.5 Å². The second-order valence-corrected chi connectivity index (χ2v) is 9.48. The fraction of sp³-hybridized carbons (Fsp3) is 0.778. The van der Waals surface area contributed by atoms with Crippen molar-refractivity contribution < 1.29 is 13.2 Å². The zero-order valence-corrected chi connectivity index (χ0v) is 16.1. The Bertz CT molecular complexity index is 670. The molecule has 0 bridgehead atoms. The lowest BCUT2D eigenvalue weighted by Crippen LogP contribution is -2.50. The molecule has 3 rings (SSSR count). The quantitative estimate of drug-likeness (QED) is 0.766. The molecule has 2 heterocycles. The molecule has 3 aliphatic rings. The number of likely N-dealkylation sites (N-methyl/N-ethyl adjacent to an activating group) is 1. The summed E-state index contributed by atoms with van der Waals surface area (Å²) in [6, 6.07) is 0. The average molecular weight is 368 g/mol. The topological polar surface area (TPSA) is 70.1 Å². The normalized spacial score (nSPS) is 30.6. The van der Waals surface area contributed by atoms with Crippen molar-refractivity contribution in [1.29, 1.82) is 0 Å². The van der Waals surface area contributed by atoms with E-state index in [0.717, 1.165) is 30.0 Å². The minimum atomic E-state index is -3.42. The Morgan fingerprint density at radius 2 is 1.84 bits per heavy atom. The molecule has 7 heteroatoms. The van der Waals surface area contributed by atoms with Crippen LogP contribution in [0, 0.1) is 11.8 Å². The van der Waals surface area contributed by atoms with Gasteiger partial charge in [-0.1, -0.05) is 19.9 Å². The molecule has 2 aliphatic heterocycles. The number of amides is 1. The molecule has 2 fully saturated rings. The number of rotatable bonds is 4. The molecule has 1 aliphatic carbocycles. The number of carbonyl (C=O) groups excluding carboxylic acids is 1. The van der Waals surface area contributed by atoms with Crippen LogP contribution < -0.4 is 0 Å². The van der Waals surface area contributed by atoms with Gasteiger partial charge in [-0.2, -0.15) is 4.31 Å². The van der Waals surface area contributed by atoms with Gasteiger partial charge in [-0.3, -0.25) is 9.79 Å². The fourth-order valence-corrected chi connectivity index (χ4v) is 5.40. The van der Waals surface area contributed by atoms with Crippen LogP contribution in [-0.2, 0) is 14.8 Å². The number of hydrogen-bond donors (Lipinski definition) is 0. The molecule has 0 aromatic heterocycles. The molecule has 0 radical (unpaired) electrons. The van der Waals surface area contributed by atoms with E-state index in [1.807, 2.05) is 7.05 Å². The zero-order valence-electron chi connectivity index (χ0n) is 15.3. The van der Waals surface area contributed by atoms with E-state index in [-0.39, 0.29) is 5.91 Å². The summed E-state index contributed by atoms with van der Waals surface area (Å²) in [4.78, 5) is 19.6. The van der Waals surface area contributed by atoms with E-state index in [0.29, 0.717) is 31.8 Å². The molecule has 1 amide bonds. The van der Waals surface area contributed by atoms with Crippen molar-refractivity contribution in [3.63, 3.8) is 0 Å². The molecule has 0 aromatic carbocycles. The molecule has 0 N–H and O–H groups in total. The lowest BCUT2D eigenvalue weighted by atomic mass is 9.80. The van der Waals surface area contributed by atoms with Crippen molar-refractivity contribution in [3.05, 3.63) is 12.0 Å². The van der Waals surface area contributed by atoms with Gasteiger partial charge in [0.1, 0.15) is 11.4 Å². The highest BCUT2D eigenvalue weighted by Gasteiger charge is 2.50. The van der Waals surface area contributed by atoms with Gasteiger partial charge < -0.3 is 4.90 Å². The van der Waals surface area contributed by atoms with Gasteiger partial charge in [-0.15, -0.1) is 0 Å². The Hall–Kier alpha value is -1.21. The number of sulfonamides is 1. The highest BCUT2D eigenvalue weighted by molar-refractivity contribution is 7.92. The van der Waals surface area contributed by atoms with E-state index in [1.165, 1.54) is 23.6 Å². The van der Waals surface area contributed by atoms with Crippen molar-refractivity contribution in [3.8, 4) is 0 Å². The molecule has 0 aromatic rings. The predicted octanol–water partition coefficient (Wildman–Crippen LogP) is 2.38. The van der Waals surface area contributed by atoms with E-state index >= 15 is 0 Å². The van der Waals surface area contributed by atoms with Gasteiger partial charge in [-0.05, 0) is 44.4 Å². The van der Waals surface area contributed by atoms with Gasteiger partial charge in [0.15, 0.2) is 0 Å². The Kier molecular flexibility index (Phi) is 5.08. The summed E-state index contributed by atoms with van der Waals surface area (Å²) in [5, 5.41) is 0.981. The molecule has 1 saturated heterocycles. The minimum absolute atomic E-state index is 0.0377. The van der Waals surface area contributed by atoms with Crippen molar-refractivity contribution in [1.82, 2.24) is 9.21 Å². The molecule has 1 spiro atoms. The Balaban J connectivity index is 1.74. The van der Waals surface area contributed by atoms with Crippen LogP contribution in [-0.4, -0.2) is 55.0 Å². The lowest BCUT2D eigenvalue weighted by molar-refractivity contribution is -0.131. The summed E-state index contributed by atoms with van der Waals surface area (Å²) in [5.74, 6) is 2.14. The summed E-state index contributed by atoms with van der Waals surface area (Å²) in [5.41, 5.74) is -0.751. The maximum Gasteiger partial charge on any atom is 0.255 e. The Morgan fingerprint density at radius 3 is 2.36 bits per heavy atom. The Labute approximate surface area is 151 Å². The van der Waals surface area contributed by atoms with Crippen LogP contribution in [0.3, 0.4) is 0 Å². The predicted molar refractivity (Wildman–Crippen MR) is 98.6 cm³/mol. The summed E-state index contributed by atoms with van der Waals surface area (Å²) < 4.78 is 25.3. The highest BCUT2D eigenvalue weighted by atomic mass is 32.2. The first-order valence-corrected chi connectivity index (χ1v) is 10.8. The van der Waals surface area contributed by atoms with Crippen LogP contribution in [0.25, 0.3) is 0 Å². The maximum absolute atomic E-state index is 12.9. The minimum Gasteiger partial charge on any atom is -0.301 e. The van der Waals surface area contributed by atoms with Crippen molar-refractivity contribution >= 4 is 21.8 Å². The zero-order chi connectivity index (χ0) is 18.2. The average Bonchev–Trinajstić information content (AvgIpc) is 2.87. The third kappa shape index (κ3) is 3.28. The van der Waals surface area contributed by atoms with Gasteiger partial charge in [-0.25, -0.2) is 8.42 Å². The van der Waals surface area contributed by atoms with Crippen LogP contribution in [0.2, 0.25) is 0 Å². The smallest absolute Gasteiger partial charge is 0.255 e. The first kappa shape index (κ1) is 18.6.